The normalized spacial score (nSPS) is 14.3. The molecule has 0 radical (unpaired) electrons. The summed E-state index contributed by atoms with van der Waals surface area (Å²) in [5.41, 5.74) is 3.14. The van der Waals surface area contributed by atoms with Gasteiger partial charge in [0.05, 0.1) is 29.0 Å². The van der Waals surface area contributed by atoms with E-state index in [4.69, 9.17) is 4.98 Å². The molecule has 0 spiro atoms. The number of carbonyl (C=O) groups excluding carboxylic acids is 1. The molecule has 2 heterocycles. The molecule has 0 atom stereocenters. The number of amides is 1. The molecule has 3 aromatic rings. The van der Waals surface area contributed by atoms with Crippen molar-refractivity contribution < 1.29 is 4.79 Å². The van der Waals surface area contributed by atoms with Crippen LogP contribution in [0.5, 0.6) is 0 Å². The number of para-hydroxylation sites is 3. The highest BCUT2D eigenvalue weighted by Crippen LogP contribution is 2.36. The van der Waals surface area contributed by atoms with Crippen LogP contribution >= 0.6 is 11.8 Å². The first kappa shape index (κ1) is 17.2. The Morgan fingerprint density at radius 1 is 1.12 bits per heavy atom. The van der Waals surface area contributed by atoms with Crippen molar-refractivity contribution in [3.63, 3.8) is 0 Å². The summed E-state index contributed by atoms with van der Waals surface area (Å²) in [6, 6.07) is 16.4. The fourth-order valence-electron chi connectivity index (χ4n) is 3.35. The van der Waals surface area contributed by atoms with Gasteiger partial charge in [0.15, 0.2) is 0 Å². The molecule has 0 fully saturated rings. The molecule has 1 amide bonds. The first-order valence-corrected chi connectivity index (χ1v) is 10.1. The fourth-order valence-corrected chi connectivity index (χ4v) is 4.29. The number of anilines is 1. The number of imidazole rings is 1. The molecular formula is C21H23N3OS. The van der Waals surface area contributed by atoms with Crippen LogP contribution in [-0.4, -0.2) is 21.2 Å². The van der Waals surface area contributed by atoms with Crippen molar-refractivity contribution in [1.82, 2.24) is 9.55 Å². The Balaban J connectivity index is 1.73. The maximum atomic E-state index is 12.6. The van der Waals surface area contributed by atoms with Crippen LogP contribution in [0.1, 0.15) is 26.1 Å². The average Bonchev–Trinajstić information content (AvgIpc) is 2.99. The molecule has 0 saturated carbocycles. The second-order valence-electron chi connectivity index (χ2n) is 7.09. The van der Waals surface area contributed by atoms with Crippen LogP contribution in [-0.2, 0) is 17.9 Å². The zero-order chi connectivity index (χ0) is 18.1. The van der Waals surface area contributed by atoms with Crippen LogP contribution in [0.2, 0.25) is 0 Å². The minimum absolute atomic E-state index is 0.149. The summed E-state index contributed by atoms with van der Waals surface area (Å²) in [6.07, 6.45) is 1.09. The van der Waals surface area contributed by atoms with Crippen molar-refractivity contribution in [3.05, 3.63) is 54.4 Å². The maximum Gasteiger partial charge on any atom is 0.237 e. The lowest BCUT2D eigenvalue weighted by Gasteiger charge is -2.28. The highest BCUT2D eigenvalue weighted by atomic mass is 32.2. The zero-order valence-electron chi connectivity index (χ0n) is 15.2. The third-order valence-electron chi connectivity index (χ3n) is 4.77. The van der Waals surface area contributed by atoms with Crippen LogP contribution < -0.4 is 4.90 Å². The van der Waals surface area contributed by atoms with Gasteiger partial charge >= 0.3 is 0 Å². The lowest BCUT2D eigenvalue weighted by molar-refractivity contribution is -0.116. The molecule has 1 aliphatic heterocycles. The lowest BCUT2D eigenvalue weighted by Crippen LogP contribution is -2.35. The molecule has 134 valence electrons. The molecule has 4 rings (SSSR count). The number of fused-ring (bicyclic) bond motifs is 2. The zero-order valence-corrected chi connectivity index (χ0v) is 16.0. The van der Waals surface area contributed by atoms with E-state index in [1.54, 1.807) is 11.8 Å². The molecule has 26 heavy (non-hydrogen) atoms. The van der Waals surface area contributed by atoms with E-state index in [-0.39, 0.29) is 5.91 Å². The van der Waals surface area contributed by atoms with Gasteiger partial charge in [0, 0.05) is 11.4 Å². The van der Waals surface area contributed by atoms with Gasteiger partial charge in [0.1, 0.15) is 5.82 Å². The minimum Gasteiger partial charge on any atom is -0.326 e. The van der Waals surface area contributed by atoms with Crippen molar-refractivity contribution in [2.24, 2.45) is 5.92 Å². The Labute approximate surface area is 158 Å². The number of benzene rings is 2. The Morgan fingerprint density at radius 2 is 1.88 bits per heavy atom. The third kappa shape index (κ3) is 3.23. The smallest absolute Gasteiger partial charge is 0.237 e. The molecular weight excluding hydrogens is 342 g/mol. The van der Waals surface area contributed by atoms with E-state index in [0.717, 1.165) is 40.4 Å². The monoisotopic (exact) mass is 365 g/mol. The summed E-state index contributed by atoms with van der Waals surface area (Å²) < 4.78 is 2.28. The summed E-state index contributed by atoms with van der Waals surface area (Å²) in [5.74, 6) is 2.22. The highest BCUT2D eigenvalue weighted by molar-refractivity contribution is 8.00. The van der Waals surface area contributed by atoms with Crippen LogP contribution in [0.25, 0.3) is 11.0 Å². The Bertz CT molecular complexity index is 947. The number of hydrogen-bond donors (Lipinski definition) is 0. The van der Waals surface area contributed by atoms with Gasteiger partial charge in [-0.25, -0.2) is 4.98 Å². The largest absolute Gasteiger partial charge is 0.326 e. The molecule has 0 unspecified atom stereocenters. The summed E-state index contributed by atoms with van der Waals surface area (Å²) in [5, 5.41) is 0. The van der Waals surface area contributed by atoms with Crippen molar-refractivity contribution in [2.45, 2.75) is 38.3 Å². The molecule has 0 saturated heterocycles. The second kappa shape index (κ2) is 7.16. The van der Waals surface area contributed by atoms with Crippen LogP contribution in [0.4, 0.5) is 5.69 Å². The molecule has 5 heteroatoms. The number of nitrogens with zero attached hydrogens (tertiary/aromatic N) is 3. The summed E-state index contributed by atoms with van der Waals surface area (Å²) in [4.78, 5) is 20.5. The first-order valence-electron chi connectivity index (χ1n) is 9.10. The molecule has 0 N–H and O–H groups in total. The van der Waals surface area contributed by atoms with Gasteiger partial charge in [-0.15, -0.1) is 11.8 Å². The number of carbonyl (C=O) groups is 1. The van der Waals surface area contributed by atoms with Crippen LogP contribution in [0.15, 0.2) is 53.4 Å². The topological polar surface area (TPSA) is 38.1 Å². The number of aromatic nitrogens is 2. The van der Waals surface area contributed by atoms with Gasteiger partial charge in [-0.2, -0.15) is 0 Å². The SMILES string of the molecule is CC(C)CCn1c(CN2C(=O)CSc3ccccc32)nc2ccccc21. The average molecular weight is 366 g/mol. The molecule has 4 nitrogen and oxygen atoms in total. The molecule has 1 aliphatic rings. The highest BCUT2D eigenvalue weighted by Gasteiger charge is 2.26. The van der Waals surface area contributed by atoms with E-state index < -0.39 is 0 Å². The third-order valence-corrected chi connectivity index (χ3v) is 5.82. The maximum absolute atomic E-state index is 12.6. The van der Waals surface area contributed by atoms with E-state index in [1.165, 1.54) is 0 Å². The van der Waals surface area contributed by atoms with Gasteiger partial charge in [-0.3, -0.25) is 4.79 Å². The van der Waals surface area contributed by atoms with E-state index in [0.29, 0.717) is 18.2 Å². The predicted molar refractivity (Wildman–Crippen MR) is 108 cm³/mol. The van der Waals surface area contributed by atoms with Crippen molar-refractivity contribution in [1.29, 1.82) is 0 Å². The van der Waals surface area contributed by atoms with Gasteiger partial charge in [-0.1, -0.05) is 38.1 Å². The number of rotatable bonds is 5. The van der Waals surface area contributed by atoms with E-state index in [9.17, 15) is 4.79 Å². The van der Waals surface area contributed by atoms with E-state index in [1.807, 2.05) is 35.2 Å². The summed E-state index contributed by atoms with van der Waals surface area (Å²) in [6.45, 7) is 5.91. The summed E-state index contributed by atoms with van der Waals surface area (Å²) >= 11 is 1.62. The first-order chi connectivity index (χ1) is 12.6. The predicted octanol–water partition coefficient (Wildman–Crippen LogP) is 4.72. The van der Waals surface area contributed by atoms with Crippen molar-refractivity contribution in [3.8, 4) is 0 Å². The molecule has 1 aromatic heterocycles. The van der Waals surface area contributed by atoms with Crippen LogP contribution in [0.3, 0.4) is 0 Å². The molecule has 2 aromatic carbocycles. The Hall–Kier alpha value is -2.27. The summed E-state index contributed by atoms with van der Waals surface area (Å²) in [7, 11) is 0. The number of aryl methyl sites for hydroxylation is 1. The van der Waals surface area contributed by atoms with E-state index >= 15 is 0 Å². The van der Waals surface area contributed by atoms with Crippen molar-refractivity contribution >= 4 is 34.4 Å². The second-order valence-corrected chi connectivity index (χ2v) is 8.10. The number of hydrogen-bond acceptors (Lipinski definition) is 3. The fraction of sp³-hybridized carbons (Fsp3) is 0.333. The van der Waals surface area contributed by atoms with Gasteiger partial charge < -0.3 is 9.47 Å². The van der Waals surface area contributed by atoms with Crippen LogP contribution in [0, 0.1) is 5.92 Å². The molecule has 0 aliphatic carbocycles. The molecule has 0 bridgehead atoms. The number of thioether (sulfide) groups is 1. The minimum atomic E-state index is 0.149. The van der Waals surface area contributed by atoms with Gasteiger partial charge in [-0.05, 0) is 36.6 Å². The Morgan fingerprint density at radius 3 is 2.73 bits per heavy atom. The van der Waals surface area contributed by atoms with Gasteiger partial charge in [0.25, 0.3) is 0 Å². The van der Waals surface area contributed by atoms with Gasteiger partial charge in [0.2, 0.25) is 5.91 Å². The Kier molecular flexibility index (Phi) is 4.72. The standard InChI is InChI=1S/C21H23N3OS/c1-15(2)11-12-23-17-8-4-3-7-16(17)22-20(23)13-24-18-9-5-6-10-19(18)26-14-21(24)25/h3-10,15H,11-14H2,1-2H3. The lowest BCUT2D eigenvalue weighted by atomic mass is 10.1. The van der Waals surface area contributed by atoms with E-state index in [2.05, 4.69) is 36.6 Å². The quantitative estimate of drug-likeness (QED) is 0.656. The van der Waals surface area contributed by atoms with Crippen molar-refractivity contribution in [2.75, 3.05) is 10.7 Å².